The molecule has 1 aliphatic heterocycles. The lowest BCUT2D eigenvalue weighted by molar-refractivity contribution is 0.0953. The molecule has 2 aromatic rings. The molecular weight excluding hydrogens is 332 g/mol. The number of hydrogen-bond acceptors (Lipinski definition) is 5. The van der Waals surface area contributed by atoms with Gasteiger partial charge in [-0.3, -0.25) is 4.79 Å². The van der Waals surface area contributed by atoms with Gasteiger partial charge in [0.2, 0.25) is 0 Å². The summed E-state index contributed by atoms with van der Waals surface area (Å²) in [5.74, 6) is 2.58. The predicted octanol–water partition coefficient (Wildman–Crippen LogP) is 2.00. The monoisotopic (exact) mass is 358 g/mol. The van der Waals surface area contributed by atoms with Gasteiger partial charge in [-0.05, 0) is 31.0 Å². The fourth-order valence-electron chi connectivity index (χ4n) is 3.09. The van der Waals surface area contributed by atoms with Crippen molar-refractivity contribution in [2.24, 2.45) is 0 Å². The molecule has 26 heavy (non-hydrogen) atoms. The highest BCUT2D eigenvalue weighted by Gasteiger charge is 2.14. The van der Waals surface area contributed by atoms with Gasteiger partial charge in [0.25, 0.3) is 5.91 Å². The minimum atomic E-state index is -0.113. The molecule has 1 N–H and O–H groups in total. The maximum absolute atomic E-state index is 12.4. The maximum atomic E-state index is 12.4. The molecule has 0 radical (unpaired) electrons. The largest absolute Gasteiger partial charge is 0.491 e. The zero-order valence-electron chi connectivity index (χ0n) is 15.2. The Morgan fingerprint density at radius 3 is 3.04 bits per heavy atom. The van der Waals surface area contributed by atoms with Crippen molar-refractivity contribution in [3.05, 3.63) is 41.5 Å². The minimum Gasteiger partial charge on any atom is -0.491 e. The number of hydrogen-bond donors (Lipinski definition) is 1. The van der Waals surface area contributed by atoms with Crippen molar-refractivity contribution in [3.8, 4) is 5.75 Å². The summed E-state index contributed by atoms with van der Waals surface area (Å²) in [6.07, 6.45) is 5.26. The second-order valence-corrected chi connectivity index (χ2v) is 6.37. The van der Waals surface area contributed by atoms with Gasteiger partial charge in [0.1, 0.15) is 24.0 Å². The van der Waals surface area contributed by atoms with Crippen molar-refractivity contribution >= 4 is 5.91 Å². The highest BCUT2D eigenvalue weighted by atomic mass is 16.5. The molecule has 0 spiro atoms. The molecule has 7 heteroatoms. The molecule has 7 nitrogen and oxygen atoms in total. The number of nitrogens with zero attached hydrogens (tertiary/aromatic N) is 3. The fourth-order valence-corrected chi connectivity index (χ4v) is 3.09. The Morgan fingerprint density at radius 1 is 1.23 bits per heavy atom. The number of fused-ring (bicyclic) bond motifs is 1. The van der Waals surface area contributed by atoms with Crippen molar-refractivity contribution in [3.63, 3.8) is 0 Å². The molecule has 0 bridgehead atoms. The molecule has 1 amide bonds. The Labute approximate surface area is 153 Å². The molecule has 0 unspecified atom stereocenters. The summed E-state index contributed by atoms with van der Waals surface area (Å²) in [5.41, 5.74) is 0.583. The van der Waals surface area contributed by atoms with Gasteiger partial charge in [-0.15, -0.1) is 10.2 Å². The number of carbonyl (C=O) groups is 1. The van der Waals surface area contributed by atoms with Crippen molar-refractivity contribution in [2.75, 3.05) is 26.9 Å². The zero-order chi connectivity index (χ0) is 18.2. The molecule has 3 rings (SSSR count). The lowest BCUT2D eigenvalue weighted by atomic mass is 10.2. The average molecular weight is 358 g/mol. The molecular formula is C19H26N4O3. The van der Waals surface area contributed by atoms with Crippen molar-refractivity contribution in [1.29, 1.82) is 0 Å². The second kappa shape index (κ2) is 9.33. The lowest BCUT2D eigenvalue weighted by Gasteiger charge is -2.09. The van der Waals surface area contributed by atoms with Gasteiger partial charge >= 0.3 is 0 Å². The molecule has 0 aliphatic carbocycles. The van der Waals surface area contributed by atoms with Crippen molar-refractivity contribution in [1.82, 2.24) is 20.1 Å². The number of rotatable bonds is 8. The van der Waals surface area contributed by atoms with Crippen LogP contribution >= 0.6 is 0 Å². The summed E-state index contributed by atoms with van der Waals surface area (Å²) in [5, 5.41) is 11.5. The van der Waals surface area contributed by atoms with Crippen LogP contribution in [0, 0.1) is 0 Å². The molecule has 0 saturated heterocycles. The van der Waals surface area contributed by atoms with Crippen LogP contribution in [-0.4, -0.2) is 47.5 Å². The highest BCUT2D eigenvalue weighted by molar-refractivity contribution is 5.94. The van der Waals surface area contributed by atoms with E-state index in [2.05, 4.69) is 20.1 Å². The summed E-state index contributed by atoms with van der Waals surface area (Å²) in [4.78, 5) is 12.4. The van der Waals surface area contributed by atoms with E-state index >= 15 is 0 Å². The number of ether oxygens (including phenoxy) is 2. The first-order valence-electron chi connectivity index (χ1n) is 9.19. The van der Waals surface area contributed by atoms with Gasteiger partial charge in [-0.2, -0.15) is 0 Å². The number of methoxy groups -OCH3 is 1. The van der Waals surface area contributed by atoms with E-state index in [4.69, 9.17) is 9.47 Å². The number of amides is 1. The Balaban J connectivity index is 1.51. The third-order valence-electron chi connectivity index (χ3n) is 4.47. The van der Waals surface area contributed by atoms with Gasteiger partial charge < -0.3 is 19.4 Å². The summed E-state index contributed by atoms with van der Waals surface area (Å²) >= 11 is 0. The van der Waals surface area contributed by atoms with Crippen LogP contribution in [0.2, 0.25) is 0 Å². The second-order valence-electron chi connectivity index (χ2n) is 6.37. The van der Waals surface area contributed by atoms with E-state index in [9.17, 15) is 4.79 Å². The van der Waals surface area contributed by atoms with Crippen LogP contribution in [0.5, 0.6) is 5.75 Å². The van der Waals surface area contributed by atoms with E-state index < -0.39 is 0 Å². The van der Waals surface area contributed by atoms with Crippen LogP contribution in [0.4, 0.5) is 0 Å². The van der Waals surface area contributed by atoms with E-state index in [0.717, 1.165) is 24.6 Å². The molecule has 1 aromatic carbocycles. The van der Waals surface area contributed by atoms with E-state index in [1.807, 2.05) is 12.1 Å². The average Bonchev–Trinajstić information content (AvgIpc) is 2.88. The van der Waals surface area contributed by atoms with Crippen LogP contribution in [0.25, 0.3) is 0 Å². The van der Waals surface area contributed by atoms with Gasteiger partial charge in [-0.25, -0.2) is 0 Å². The van der Waals surface area contributed by atoms with E-state index in [0.29, 0.717) is 37.5 Å². The van der Waals surface area contributed by atoms with E-state index in [1.165, 1.54) is 19.3 Å². The van der Waals surface area contributed by atoms with Crippen LogP contribution in [0.3, 0.4) is 0 Å². The number of carbonyl (C=O) groups excluding carboxylic acids is 1. The van der Waals surface area contributed by atoms with Crippen LogP contribution in [0.1, 0.15) is 41.3 Å². The van der Waals surface area contributed by atoms with Gasteiger partial charge in [0.15, 0.2) is 0 Å². The number of nitrogens with one attached hydrogen (secondary N) is 1. The third kappa shape index (κ3) is 4.82. The van der Waals surface area contributed by atoms with Crippen LogP contribution in [-0.2, 0) is 24.1 Å². The molecule has 1 aliphatic rings. The SMILES string of the molecule is COCCOc1cccc(C(=O)NCCc2nnc3n2CCCCC3)c1. The van der Waals surface area contributed by atoms with Gasteiger partial charge in [0.05, 0.1) is 6.61 Å². The zero-order valence-corrected chi connectivity index (χ0v) is 15.2. The van der Waals surface area contributed by atoms with Crippen LogP contribution in [0.15, 0.2) is 24.3 Å². The quantitative estimate of drug-likeness (QED) is 0.730. The third-order valence-corrected chi connectivity index (χ3v) is 4.47. The highest BCUT2D eigenvalue weighted by Crippen LogP contribution is 2.15. The molecule has 1 aromatic heterocycles. The summed E-state index contributed by atoms with van der Waals surface area (Å²) in [6.45, 7) is 2.48. The number of aromatic nitrogens is 3. The Bertz CT molecular complexity index is 729. The Morgan fingerprint density at radius 2 is 2.15 bits per heavy atom. The van der Waals surface area contributed by atoms with Crippen molar-refractivity contribution < 1.29 is 14.3 Å². The van der Waals surface area contributed by atoms with Gasteiger partial charge in [-0.1, -0.05) is 12.5 Å². The smallest absolute Gasteiger partial charge is 0.251 e. The first-order chi connectivity index (χ1) is 12.8. The molecule has 0 atom stereocenters. The normalized spacial score (nSPS) is 13.7. The fraction of sp³-hybridized carbons (Fsp3) is 0.526. The molecule has 0 saturated carbocycles. The Kier molecular flexibility index (Phi) is 6.60. The summed E-state index contributed by atoms with van der Waals surface area (Å²) in [7, 11) is 1.63. The Hall–Kier alpha value is -2.41. The van der Waals surface area contributed by atoms with Crippen molar-refractivity contribution in [2.45, 2.75) is 38.6 Å². The molecule has 2 heterocycles. The van der Waals surface area contributed by atoms with Crippen LogP contribution < -0.4 is 10.1 Å². The molecule has 0 fully saturated rings. The minimum absolute atomic E-state index is 0.113. The van der Waals surface area contributed by atoms with E-state index in [-0.39, 0.29) is 5.91 Å². The van der Waals surface area contributed by atoms with Gasteiger partial charge in [0, 0.05) is 38.6 Å². The summed E-state index contributed by atoms with van der Waals surface area (Å²) in [6, 6.07) is 7.17. The molecule has 140 valence electrons. The maximum Gasteiger partial charge on any atom is 0.251 e. The lowest BCUT2D eigenvalue weighted by Crippen LogP contribution is -2.26. The topological polar surface area (TPSA) is 78.3 Å². The standard InChI is InChI=1S/C19H26N4O3/c1-25-12-13-26-16-7-5-6-15(14-16)19(24)20-10-9-18-22-21-17-8-3-2-4-11-23(17)18/h5-7,14H,2-4,8-13H2,1H3,(H,20,24). The number of aryl methyl sites for hydroxylation is 1. The summed E-state index contributed by atoms with van der Waals surface area (Å²) < 4.78 is 12.7. The first-order valence-corrected chi connectivity index (χ1v) is 9.19. The van der Waals surface area contributed by atoms with E-state index in [1.54, 1.807) is 19.2 Å². The number of benzene rings is 1. The first kappa shape index (κ1) is 18.4. The predicted molar refractivity (Wildman–Crippen MR) is 97.4 cm³/mol.